The number of piperidine rings is 1. The van der Waals surface area contributed by atoms with Crippen molar-refractivity contribution in [3.8, 4) is 11.5 Å². The first kappa shape index (κ1) is 20.2. The van der Waals surface area contributed by atoms with Gasteiger partial charge < -0.3 is 14.6 Å². The smallest absolute Gasteiger partial charge is 0.320 e. The second-order valence-corrected chi connectivity index (χ2v) is 7.43. The predicted molar refractivity (Wildman–Crippen MR) is 109 cm³/mol. The van der Waals surface area contributed by atoms with Gasteiger partial charge in [0.05, 0.1) is 25.8 Å². The van der Waals surface area contributed by atoms with Gasteiger partial charge in [0.2, 0.25) is 0 Å². The third kappa shape index (κ3) is 3.85. The quantitative estimate of drug-likeness (QED) is 0.804. The monoisotopic (exact) mass is 383 g/mol. The number of hydrogen-bond donors (Lipinski definition) is 1. The van der Waals surface area contributed by atoms with E-state index in [1.165, 1.54) is 0 Å². The lowest BCUT2D eigenvalue weighted by atomic mass is 9.88. The Kier molecular flexibility index (Phi) is 6.25. The number of rotatable bonds is 6. The minimum Gasteiger partial charge on any atom is -0.496 e. The Bertz CT molecular complexity index is 826. The van der Waals surface area contributed by atoms with Crippen LogP contribution in [0, 0.1) is 13.8 Å². The summed E-state index contributed by atoms with van der Waals surface area (Å²) < 4.78 is 11.4. The second kappa shape index (κ2) is 8.65. The molecule has 0 amide bonds. The Morgan fingerprint density at radius 1 is 1.11 bits per heavy atom. The van der Waals surface area contributed by atoms with E-state index >= 15 is 0 Å². The van der Waals surface area contributed by atoms with Crippen LogP contribution in [0.4, 0.5) is 0 Å². The van der Waals surface area contributed by atoms with Crippen LogP contribution in [-0.2, 0) is 4.79 Å². The van der Waals surface area contributed by atoms with Crippen molar-refractivity contribution in [3.05, 3.63) is 58.7 Å². The summed E-state index contributed by atoms with van der Waals surface area (Å²) in [6.07, 6.45) is 2.55. The van der Waals surface area contributed by atoms with Crippen molar-refractivity contribution in [2.45, 2.75) is 45.2 Å². The number of carbonyl (C=O) groups is 1. The summed E-state index contributed by atoms with van der Waals surface area (Å²) in [6, 6.07) is 11.3. The Balaban J connectivity index is 2.27. The molecule has 28 heavy (non-hydrogen) atoms. The molecule has 1 aliphatic heterocycles. The average molecular weight is 383 g/mol. The SMILES string of the molecule is COc1cccc(OC)c1C(c1cc(C)ccc1C)N1CCCCC1C(=O)O. The number of carboxylic acid groups (broad SMARTS) is 1. The van der Waals surface area contributed by atoms with Gasteiger partial charge in [-0.25, -0.2) is 0 Å². The minimum absolute atomic E-state index is 0.257. The number of hydrogen-bond acceptors (Lipinski definition) is 4. The van der Waals surface area contributed by atoms with E-state index < -0.39 is 12.0 Å². The average Bonchev–Trinajstić information content (AvgIpc) is 2.71. The van der Waals surface area contributed by atoms with Crippen LogP contribution in [0.2, 0.25) is 0 Å². The van der Waals surface area contributed by atoms with Crippen LogP contribution < -0.4 is 9.47 Å². The molecule has 150 valence electrons. The van der Waals surface area contributed by atoms with Crippen LogP contribution in [0.15, 0.2) is 36.4 Å². The maximum absolute atomic E-state index is 12.1. The third-order valence-corrected chi connectivity index (χ3v) is 5.63. The molecule has 5 nitrogen and oxygen atoms in total. The standard InChI is InChI=1S/C23H29NO4/c1-15-11-12-16(2)17(14-15)22(24-13-6-5-8-18(24)23(25)26)21-19(27-3)9-7-10-20(21)28-4/h7,9-12,14,18,22H,5-6,8,13H2,1-4H3,(H,25,26). The predicted octanol–water partition coefficient (Wildman–Crippen LogP) is 4.35. The molecule has 5 heteroatoms. The van der Waals surface area contributed by atoms with Crippen molar-refractivity contribution in [2.24, 2.45) is 0 Å². The van der Waals surface area contributed by atoms with Crippen molar-refractivity contribution in [2.75, 3.05) is 20.8 Å². The lowest BCUT2D eigenvalue weighted by Crippen LogP contribution is -2.47. The highest BCUT2D eigenvalue weighted by Crippen LogP contribution is 2.44. The van der Waals surface area contributed by atoms with Gasteiger partial charge in [0, 0.05) is 0 Å². The van der Waals surface area contributed by atoms with Gasteiger partial charge in [0.1, 0.15) is 17.5 Å². The van der Waals surface area contributed by atoms with E-state index in [-0.39, 0.29) is 6.04 Å². The summed E-state index contributed by atoms with van der Waals surface area (Å²) >= 11 is 0. The zero-order chi connectivity index (χ0) is 20.3. The number of methoxy groups -OCH3 is 2. The van der Waals surface area contributed by atoms with E-state index in [0.29, 0.717) is 17.9 Å². The molecule has 1 fully saturated rings. The van der Waals surface area contributed by atoms with Gasteiger partial charge in [-0.3, -0.25) is 9.69 Å². The van der Waals surface area contributed by atoms with E-state index in [1.807, 2.05) is 18.2 Å². The number of aliphatic carboxylic acids is 1. The highest BCUT2D eigenvalue weighted by Gasteiger charge is 2.38. The lowest BCUT2D eigenvalue weighted by molar-refractivity contribution is -0.145. The molecular formula is C23H29NO4. The number of aryl methyl sites for hydroxylation is 2. The summed E-state index contributed by atoms with van der Waals surface area (Å²) in [5.74, 6) is 0.642. The van der Waals surface area contributed by atoms with Gasteiger partial charge in [-0.1, -0.05) is 36.2 Å². The van der Waals surface area contributed by atoms with Crippen LogP contribution in [0.3, 0.4) is 0 Å². The molecule has 1 N–H and O–H groups in total. The molecule has 2 unspecified atom stereocenters. The van der Waals surface area contributed by atoms with Crippen LogP contribution in [0.1, 0.15) is 47.6 Å². The molecule has 0 aliphatic carbocycles. The van der Waals surface area contributed by atoms with Crippen molar-refractivity contribution < 1.29 is 19.4 Å². The van der Waals surface area contributed by atoms with E-state index in [0.717, 1.165) is 41.6 Å². The van der Waals surface area contributed by atoms with Crippen molar-refractivity contribution in [3.63, 3.8) is 0 Å². The molecule has 1 aliphatic rings. The Labute approximate surface area is 166 Å². The Hall–Kier alpha value is -2.53. The van der Waals surface area contributed by atoms with E-state index in [1.54, 1.807) is 14.2 Å². The van der Waals surface area contributed by atoms with E-state index in [2.05, 4.69) is 36.9 Å². The first-order valence-corrected chi connectivity index (χ1v) is 9.74. The first-order chi connectivity index (χ1) is 13.5. The molecule has 0 saturated carbocycles. The van der Waals surface area contributed by atoms with Gasteiger partial charge in [-0.2, -0.15) is 0 Å². The molecule has 0 spiro atoms. The normalized spacial score (nSPS) is 18.5. The fourth-order valence-corrected chi connectivity index (χ4v) is 4.23. The molecule has 1 saturated heterocycles. The summed E-state index contributed by atoms with van der Waals surface area (Å²) in [5.41, 5.74) is 4.24. The Morgan fingerprint density at radius 3 is 2.39 bits per heavy atom. The van der Waals surface area contributed by atoms with Crippen molar-refractivity contribution in [1.29, 1.82) is 0 Å². The second-order valence-electron chi connectivity index (χ2n) is 7.43. The first-order valence-electron chi connectivity index (χ1n) is 9.74. The van der Waals surface area contributed by atoms with Gasteiger partial charge >= 0.3 is 5.97 Å². The fraction of sp³-hybridized carbons (Fsp3) is 0.435. The third-order valence-electron chi connectivity index (χ3n) is 5.63. The molecular weight excluding hydrogens is 354 g/mol. The number of ether oxygens (including phenoxy) is 2. The molecule has 1 heterocycles. The summed E-state index contributed by atoms with van der Waals surface area (Å²) in [4.78, 5) is 14.2. The van der Waals surface area contributed by atoms with Crippen LogP contribution in [0.25, 0.3) is 0 Å². The maximum atomic E-state index is 12.1. The zero-order valence-corrected chi connectivity index (χ0v) is 17.1. The van der Waals surface area contributed by atoms with E-state index in [4.69, 9.17) is 9.47 Å². The minimum atomic E-state index is -0.774. The number of carboxylic acids is 1. The van der Waals surface area contributed by atoms with E-state index in [9.17, 15) is 9.90 Å². The molecule has 3 rings (SSSR count). The van der Waals surface area contributed by atoms with Gasteiger partial charge in [-0.15, -0.1) is 0 Å². The van der Waals surface area contributed by atoms with Crippen LogP contribution in [-0.4, -0.2) is 42.8 Å². The largest absolute Gasteiger partial charge is 0.496 e. The molecule has 2 aromatic rings. The van der Waals surface area contributed by atoms with Crippen molar-refractivity contribution >= 4 is 5.97 Å². The molecule has 0 bridgehead atoms. The maximum Gasteiger partial charge on any atom is 0.320 e. The number of nitrogens with zero attached hydrogens (tertiary/aromatic N) is 1. The molecule has 0 aromatic heterocycles. The molecule has 2 aromatic carbocycles. The summed E-state index contributed by atoms with van der Waals surface area (Å²) in [7, 11) is 3.28. The topological polar surface area (TPSA) is 59.0 Å². The van der Waals surface area contributed by atoms with Gasteiger partial charge in [-0.05, 0) is 56.5 Å². The highest BCUT2D eigenvalue weighted by atomic mass is 16.5. The zero-order valence-electron chi connectivity index (χ0n) is 17.1. The number of likely N-dealkylation sites (tertiary alicyclic amines) is 1. The fourth-order valence-electron chi connectivity index (χ4n) is 4.23. The van der Waals surface area contributed by atoms with Crippen LogP contribution in [0.5, 0.6) is 11.5 Å². The van der Waals surface area contributed by atoms with Crippen LogP contribution >= 0.6 is 0 Å². The lowest BCUT2D eigenvalue weighted by Gasteiger charge is -2.41. The highest BCUT2D eigenvalue weighted by molar-refractivity contribution is 5.74. The summed E-state index contributed by atoms with van der Waals surface area (Å²) in [5, 5.41) is 9.92. The summed E-state index contributed by atoms with van der Waals surface area (Å²) in [6.45, 7) is 4.85. The molecule has 0 radical (unpaired) electrons. The Morgan fingerprint density at radius 2 is 1.79 bits per heavy atom. The molecule has 2 atom stereocenters. The van der Waals surface area contributed by atoms with Gasteiger partial charge in [0.25, 0.3) is 0 Å². The number of benzene rings is 2. The van der Waals surface area contributed by atoms with Crippen molar-refractivity contribution in [1.82, 2.24) is 4.90 Å². The van der Waals surface area contributed by atoms with Gasteiger partial charge in [0.15, 0.2) is 0 Å².